The third kappa shape index (κ3) is 9.78. The Hall–Kier alpha value is -2.94. The summed E-state index contributed by atoms with van der Waals surface area (Å²) in [7, 11) is 1.65. The monoisotopic (exact) mass is 664 g/mol. The molecule has 0 saturated carbocycles. The molecular formula is C35H36O6SSe. The molecule has 5 atom stereocenters. The summed E-state index contributed by atoms with van der Waals surface area (Å²) in [5, 5.41) is 0. The summed E-state index contributed by atoms with van der Waals surface area (Å²) in [6.07, 6.45) is -2.27. The van der Waals surface area contributed by atoms with Crippen molar-refractivity contribution in [2.24, 2.45) is 0 Å². The molecule has 43 heavy (non-hydrogen) atoms. The first-order valence-corrected chi connectivity index (χ1v) is 18.1. The Bertz CT molecular complexity index is 1360. The molecule has 0 aliphatic carbocycles. The molecule has 4 aromatic rings. The summed E-state index contributed by atoms with van der Waals surface area (Å²) < 4.78 is 33.3. The zero-order valence-corrected chi connectivity index (χ0v) is 26.6. The Morgan fingerprint density at radius 1 is 0.674 bits per heavy atom. The van der Waals surface area contributed by atoms with Crippen molar-refractivity contribution in [3.63, 3.8) is 0 Å². The van der Waals surface area contributed by atoms with Crippen molar-refractivity contribution in [2.75, 3.05) is 6.61 Å². The van der Waals surface area contributed by atoms with E-state index in [1.165, 1.54) is 11.4 Å². The van der Waals surface area contributed by atoms with Gasteiger partial charge in [-0.1, -0.05) is 0 Å². The summed E-state index contributed by atoms with van der Waals surface area (Å²) in [5.41, 5.74) is 2.66. The van der Waals surface area contributed by atoms with Gasteiger partial charge < -0.3 is 0 Å². The van der Waals surface area contributed by atoms with Gasteiger partial charge in [-0.2, -0.15) is 0 Å². The SMILES string of the molecule is CC(=O)O[C@H]1[C@@H](OCc2ccccc2)[C@H](OCc2ccccc2)[C@@H](COCc2ccccc2)O[C@@H]1S[Se]c1ccccc1. The molecule has 8 heteroatoms. The van der Waals surface area contributed by atoms with E-state index in [2.05, 4.69) is 12.1 Å². The topological polar surface area (TPSA) is 63.2 Å². The molecule has 4 aromatic carbocycles. The summed E-state index contributed by atoms with van der Waals surface area (Å²) in [6, 6.07) is 40.3. The van der Waals surface area contributed by atoms with Gasteiger partial charge in [-0.15, -0.1) is 0 Å². The van der Waals surface area contributed by atoms with Crippen molar-refractivity contribution < 1.29 is 28.5 Å². The van der Waals surface area contributed by atoms with Crippen molar-refractivity contribution in [2.45, 2.75) is 56.6 Å². The molecule has 5 rings (SSSR count). The first kappa shape index (κ1) is 31.5. The van der Waals surface area contributed by atoms with E-state index in [0.29, 0.717) is 26.4 Å². The molecule has 0 bridgehead atoms. The number of hydrogen-bond donors (Lipinski definition) is 0. The summed E-state index contributed by atoms with van der Waals surface area (Å²) >= 11 is 0.0154. The van der Waals surface area contributed by atoms with Gasteiger partial charge in [0.05, 0.1) is 0 Å². The summed E-state index contributed by atoms with van der Waals surface area (Å²) in [5.74, 6) is -0.389. The van der Waals surface area contributed by atoms with Crippen molar-refractivity contribution >= 4 is 34.4 Å². The summed E-state index contributed by atoms with van der Waals surface area (Å²) in [4.78, 5) is 12.4. The third-order valence-electron chi connectivity index (χ3n) is 6.84. The van der Waals surface area contributed by atoms with Gasteiger partial charge in [0, 0.05) is 0 Å². The normalized spacial score (nSPS) is 21.7. The van der Waals surface area contributed by atoms with Crippen LogP contribution in [0.15, 0.2) is 121 Å². The zero-order valence-electron chi connectivity index (χ0n) is 24.0. The molecule has 1 fully saturated rings. The zero-order chi connectivity index (χ0) is 29.7. The van der Waals surface area contributed by atoms with Crippen LogP contribution >= 0.6 is 10.2 Å². The number of esters is 1. The number of rotatable bonds is 14. The number of carbonyl (C=O) groups excluding carboxylic acids is 1. The molecule has 0 aromatic heterocycles. The van der Waals surface area contributed by atoms with Crippen LogP contribution in [0.25, 0.3) is 0 Å². The van der Waals surface area contributed by atoms with Gasteiger partial charge in [0.2, 0.25) is 0 Å². The third-order valence-corrected chi connectivity index (χ3v) is 11.3. The summed E-state index contributed by atoms with van der Waals surface area (Å²) in [6.45, 7) is 2.86. The van der Waals surface area contributed by atoms with E-state index in [4.69, 9.17) is 23.7 Å². The van der Waals surface area contributed by atoms with Crippen molar-refractivity contribution in [3.8, 4) is 0 Å². The van der Waals surface area contributed by atoms with Gasteiger partial charge in [-0.3, -0.25) is 0 Å². The Morgan fingerprint density at radius 3 is 1.70 bits per heavy atom. The van der Waals surface area contributed by atoms with Gasteiger partial charge in [0.25, 0.3) is 0 Å². The molecule has 0 spiro atoms. The van der Waals surface area contributed by atoms with Crippen molar-refractivity contribution in [1.29, 1.82) is 0 Å². The van der Waals surface area contributed by atoms with Crippen LogP contribution < -0.4 is 4.46 Å². The first-order valence-electron chi connectivity index (χ1n) is 14.3. The van der Waals surface area contributed by atoms with Gasteiger partial charge in [0.1, 0.15) is 0 Å². The molecule has 1 saturated heterocycles. The van der Waals surface area contributed by atoms with E-state index >= 15 is 0 Å². The molecule has 0 N–H and O–H groups in total. The average molecular weight is 664 g/mol. The number of carbonyl (C=O) groups is 1. The number of ether oxygens (including phenoxy) is 5. The molecule has 0 amide bonds. The van der Waals surface area contributed by atoms with E-state index in [1.54, 1.807) is 10.2 Å². The molecule has 0 radical (unpaired) electrons. The molecule has 0 unspecified atom stereocenters. The van der Waals surface area contributed by atoms with Crippen molar-refractivity contribution in [3.05, 3.63) is 138 Å². The predicted molar refractivity (Wildman–Crippen MR) is 170 cm³/mol. The fourth-order valence-electron chi connectivity index (χ4n) is 4.78. The second kappa shape index (κ2) is 16.8. The van der Waals surface area contributed by atoms with Crippen LogP contribution in [0.5, 0.6) is 0 Å². The maximum absolute atomic E-state index is 12.4. The van der Waals surface area contributed by atoms with Crippen LogP contribution in [-0.2, 0) is 48.3 Å². The van der Waals surface area contributed by atoms with E-state index < -0.39 is 29.9 Å². The second-order valence-electron chi connectivity index (χ2n) is 10.1. The van der Waals surface area contributed by atoms with Crippen LogP contribution in [0.1, 0.15) is 23.6 Å². The predicted octanol–water partition coefficient (Wildman–Crippen LogP) is 5.71. The van der Waals surface area contributed by atoms with Gasteiger partial charge in [0.15, 0.2) is 0 Å². The fraction of sp³-hybridized carbons (Fsp3) is 0.286. The molecule has 224 valence electrons. The van der Waals surface area contributed by atoms with E-state index in [0.717, 1.165) is 16.7 Å². The second-order valence-corrected chi connectivity index (χ2v) is 14.2. The van der Waals surface area contributed by atoms with E-state index in [9.17, 15) is 4.79 Å². The Labute approximate surface area is 263 Å². The van der Waals surface area contributed by atoms with Crippen LogP contribution in [0.2, 0.25) is 0 Å². The van der Waals surface area contributed by atoms with Crippen LogP contribution in [0, 0.1) is 0 Å². The average Bonchev–Trinajstić information content (AvgIpc) is 3.05. The minimum atomic E-state index is -0.678. The number of benzene rings is 4. The Balaban J connectivity index is 1.41. The standard InChI is InChI=1S/C35H36O6SSe/c1-26(36)40-34-33(39-24-29-18-10-4-11-19-29)32(38-23-28-16-8-3-9-17-28)31(25-37-22-27-14-6-2-7-15-27)41-35(34)42-43-30-20-12-5-13-21-30/h2-21,31-35H,22-25H2,1H3/t31-,32-,33+,34+,35-/m1/s1. The Kier molecular flexibility index (Phi) is 12.3. The molecule has 1 heterocycles. The van der Waals surface area contributed by atoms with Crippen LogP contribution in [-0.4, -0.2) is 56.3 Å². The van der Waals surface area contributed by atoms with Crippen molar-refractivity contribution in [1.82, 2.24) is 0 Å². The van der Waals surface area contributed by atoms with E-state index in [-0.39, 0.29) is 19.8 Å². The van der Waals surface area contributed by atoms with Crippen LogP contribution in [0.4, 0.5) is 0 Å². The van der Waals surface area contributed by atoms with E-state index in [1.807, 2.05) is 109 Å². The maximum atomic E-state index is 12.4. The molecule has 1 aliphatic rings. The minimum absolute atomic E-state index is 0.0154. The van der Waals surface area contributed by atoms with Gasteiger partial charge in [-0.05, 0) is 0 Å². The number of hydrogen-bond acceptors (Lipinski definition) is 7. The Morgan fingerprint density at radius 2 is 1.16 bits per heavy atom. The van der Waals surface area contributed by atoms with Crippen LogP contribution in [0.3, 0.4) is 0 Å². The first-order chi connectivity index (χ1) is 21.2. The van der Waals surface area contributed by atoms with Gasteiger partial charge in [-0.25, -0.2) is 0 Å². The fourth-order valence-corrected chi connectivity index (χ4v) is 8.90. The quantitative estimate of drug-likeness (QED) is 0.127. The molecular weight excluding hydrogens is 627 g/mol. The molecule has 1 aliphatic heterocycles. The molecule has 6 nitrogen and oxygen atoms in total. The van der Waals surface area contributed by atoms with Gasteiger partial charge >= 0.3 is 264 Å².